The van der Waals surface area contributed by atoms with Crippen LogP contribution in [0.4, 0.5) is 0 Å². The van der Waals surface area contributed by atoms with Gasteiger partial charge in [-0.1, -0.05) is 18.7 Å². The van der Waals surface area contributed by atoms with Crippen molar-refractivity contribution in [3.8, 4) is 0 Å². The van der Waals surface area contributed by atoms with Crippen molar-refractivity contribution in [2.45, 2.75) is 6.92 Å². The van der Waals surface area contributed by atoms with E-state index in [9.17, 15) is 0 Å². The summed E-state index contributed by atoms with van der Waals surface area (Å²) in [7, 11) is 0. The zero-order chi connectivity index (χ0) is 10.7. The average Bonchev–Trinajstić information content (AvgIpc) is 2.28. The predicted octanol–water partition coefficient (Wildman–Crippen LogP) is 3.31. The maximum absolute atomic E-state index is 4.54. The van der Waals surface area contributed by atoms with Crippen molar-refractivity contribution in [3.63, 3.8) is 0 Å². The third-order valence-corrected chi connectivity index (χ3v) is 2.22. The summed E-state index contributed by atoms with van der Waals surface area (Å²) in [6, 6.07) is 3.97. The highest BCUT2D eigenvalue weighted by Crippen LogP contribution is 2.17. The molecule has 2 aromatic rings. The summed E-state index contributed by atoms with van der Waals surface area (Å²) in [5.41, 5.74) is 2.95. The van der Waals surface area contributed by atoms with Crippen LogP contribution in [0.15, 0.2) is 37.2 Å². The zero-order valence-corrected chi connectivity index (χ0v) is 8.64. The van der Waals surface area contributed by atoms with Crippen LogP contribution in [-0.2, 0) is 0 Å². The third kappa shape index (κ3) is 1.79. The summed E-state index contributed by atoms with van der Waals surface area (Å²) >= 11 is 0. The predicted molar refractivity (Wildman–Crippen MR) is 64.3 cm³/mol. The fraction of sp³-hybridized carbons (Fsp3) is 0.0769. The molecule has 2 heterocycles. The van der Waals surface area contributed by atoms with Crippen LogP contribution in [0.1, 0.15) is 18.2 Å². The normalized spacial score (nSPS) is 11.0. The summed E-state index contributed by atoms with van der Waals surface area (Å²) in [5.74, 6) is 0. The second-order valence-electron chi connectivity index (χ2n) is 3.24. The van der Waals surface area contributed by atoms with Crippen molar-refractivity contribution in [1.82, 2.24) is 9.97 Å². The van der Waals surface area contributed by atoms with Crippen molar-refractivity contribution in [2.24, 2.45) is 0 Å². The molecule has 2 nitrogen and oxygen atoms in total. The van der Waals surface area contributed by atoms with Gasteiger partial charge in [0, 0.05) is 23.3 Å². The molecule has 0 unspecified atom stereocenters. The van der Waals surface area contributed by atoms with Crippen LogP contribution in [0.3, 0.4) is 0 Å². The number of aromatic nitrogens is 2. The molecule has 0 spiro atoms. The van der Waals surface area contributed by atoms with E-state index in [-0.39, 0.29) is 0 Å². The first kappa shape index (κ1) is 9.59. The highest BCUT2D eigenvalue weighted by molar-refractivity contribution is 5.82. The summed E-state index contributed by atoms with van der Waals surface area (Å²) in [5, 5.41) is 1.04. The smallest absolute Gasteiger partial charge is 0.0740 e. The van der Waals surface area contributed by atoms with Gasteiger partial charge in [0.2, 0.25) is 0 Å². The minimum Gasteiger partial charge on any atom is -0.264 e. The van der Waals surface area contributed by atoms with E-state index in [0.717, 1.165) is 22.2 Å². The van der Waals surface area contributed by atoms with Crippen LogP contribution >= 0.6 is 0 Å². The Morgan fingerprint density at radius 1 is 1.40 bits per heavy atom. The molecular weight excluding hydrogens is 184 g/mol. The maximum atomic E-state index is 4.54. The Labute approximate surface area is 89.0 Å². The van der Waals surface area contributed by atoms with Gasteiger partial charge in [0.15, 0.2) is 0 Å². The minimum atomic E-state index is 0.950. The van der Waals surface area contributed by atoms with E-state index in [2.05, 4.69) is 22.6 Å². The van der Waals surface area contributed by atoms with E-state index >= 15 is 0 Å². The monoisotopic (exact) mass is 196 g/mol. The molecule has 74 valence electrons. The molecule has 0 fully saturated rings. The lowest BCUT2D eigenvalue weighted by Gasteiger charge is -2.03. The first-order valence-corrected chi connectivity index (χ1v) is 4.85. The summed E-state index contributed by atoms with van der Waals surface area (Å²) < 4.78 is 0. The molecule has 0 amide bonds. The maximum Gasteiger partial charge on any atom is 0.0740 e. The van der Waals surface area contributed by atoms with Gasteiger partial charge in [0.1, 0.15) is 0 Å². The van der Waals surface area contributed by atoms with Gasteiger partial charge in [-0.3, -0.25) is 4.98 Å². The molecule has 0 bridgehead atoms. The van der Waals surface area contributed by atoms with Crippen LogP contribution < -0.4 is 0 Å². The lowest BCUT2D eigenvalue weighted by molar-refractivity contribution is 1.30. The minimum absolute atomic E-state index is 0.950. The lowest BCUT2D eigenvalue weighted by Crippen LogP contribution is -1.89. The van der Waals surface area contributed by atoms with Gasteiger partial charge in [-0.25, -0.2) is 4.98 Å². The topological polar surface area (TPSA) is 25.8 Å². The fourth-order valence-electron chi connectivity index (χ4n) is 1.50. The fourth-order valence-corrected chi connectivity index (χ4v) is 1.50. The molecule has 0 aromatic carbocycles. The Morgan fingerprint density at radius 2 is 2.27 bits per heavy atom. The van der Waals surface area contributed by atoms with Gasteiger partial charge >= 0.3 is 0 Å². The van der Waals surface area contributed by atoms with Crippen LogP contribution in [0, 0.1) is 0 Å². The molecule has 0 N–H and O–H groups in total. The molecule has 15 heavy (non-hydrogen) atoms. The van der Waals surface area contributed by atoms with E-state index in [1.165, 1.54) is 0 Å². The van der Waals surface area contributed by atoms with E-state index in [1.54, 1.807) is 6.20 Å². The highest BCUT2D eigenvalue weighted by atomic mass is 14.7. The highest BCUT2D eigenvalue weighted by Gasteiger charge is 2.00. The number of rotatable bonds is 2. The van der Waals surface area contributed by atoms with E-state index < -0.39 is 0 Å². The largest absolute Gasteiger partial charge is 0.264 e. The standard InChI is InChI=1S/C13H12N2/c1-3-5-12-10(4-2)8-11-9-14-7-6-13(11)15-12/h3-9H,2H2,1H3/b5-3-. The number of fused-ring (bicyclic) bond motifs is 1. The molecular formula is C13H12N2. The van der Waals surface area contributed by atoms with Gasteiger partial charge in [-0.2, -0.15) is 0 Å². The third-order valence-electron chi connectivity index (χ3n) is 2.22. The SMILES string of the molecule is C=Cc1cc2cnccc2nc1/C=C\C. The molecule has 0 atom stereocenters. The van der Waals surface area contributed by atoms with Crippen molar-refractivity contribution in [1.29, 1.82) is 0 Å². The van der Waals surface area contributed by atoms with Gasteiger partial charge in [-0.15, -0.1) is 0 Å². The first-order valence-electron chi connectivity index (χ1n) is 4.85. The Kier molecular flexibility index (Phi) is 2.59. The Morgan fingerprint density at radius 3 is 3.00 bits per heavy atom. The molecule has 2 heteroatoms. The van der Waals surface area contributed by atoms with Gasteiger partial charge < -0.3 is 0 Å². The number of hydrogen-bond acceptors (Lipinski definition) is 2. The lowest BCUT2D eigenvalue weighted by atomic mass is 10.1. The van der Waals surface area contributed by atoms with Crippen LogP contribution in [0.5, 0.6) is 0 Å². The van der Waals surface area contributed by atoms with E-state index in [0.29, 0.717) is 0 Å². The summed E-state index contributed by atoms with van der Waals surface area (Å²) in [6.07, 6.45) is 9.34. The van der Waals surface area contributed by atoms with Crippen LogP contribution in [0.2, 0.25) is 0 Å². The van der Waals surface area contributed by atoms with E-state index in [1.807, 2.05) is 37.4 Å². The van der Waals surface area contributed by atoms with Crippen molar-refractivity contribution < 1.29 is 0 Å². The molecule has 0 aliphatic carbocycles. The van der Waals surface area contributed by atoms with E-state index in [4.69, 9.17) is 0 Å². The molecule has 0 saturated heterocycles. The molecule has 0 radical (unpaired) electrons. The number of hydrogen-bond donors (Lipinski definition) is 0. The summed E-state index contributed by atoms with van der Waals surface area (Å²) in [4.78, 5) is 8.61. The number of allylic oxidation sites excluding steroid dienone is 1. The van der Waals surface area contributed by atoms with Gasteiger partial charge in [0.25, 0.3) is 0 Å². The first-order chi connectivity index (χ1) is 7.35. The Balaban J connectivity index is 2.74. The average molecular weight is 196 g/mol. The van der Waals surface area contributed by atoms with Crippen molar-refractivity contribution in [2.75, 3.05) is 0 Å². The molecule has 0 saturated carbocycles. The van der Waals surface area contributed by atoms with Crippen LogP contribution in [0.25, 0.3) is 23.1 Å². The Hall–Kier alpha value is -1.96. The molecule has 2 aromatic heterocycles. The molecule has 0 aliphatic heterocycles. The van der Waals surface area contributed by atoms with Gasteiger partial charge in [-0.05, 0) is 25.1 Å². The molecule has 0 aliphatic rings. The molecule has 2 rings (SSSR count). The summed E-state index contributed by atoms with van der Waals surface area (Å²) in [6.45, 7) is 5.76. The quantitative estimate of drug-likeness (QED) is 0.736. The second-order valence-corrected chi connectivity index (χ2v) is 3.24. The van der Waals surface area contributed by atoms with Crippen molar-refractivity contribution >= 4 is 23.1 Å². The second kappa shape index (κ2) is 4.05. The number of pyridine rings is 2. The Bertz CT molecular complexity index is 527. The van der Waals surface area contributed by atoms with Crippen LogP contribution in [-0.4, -0.2) is 9.97 Å². The van der Waals surface area contributed by atoms with Gasteiger partial charge in [0.05, 0.1) is 11.2 Å². The number of nitrogens with zero attached hydrogens (tertiary/aromatic N) is 2. The zero-order valence-electron chi connectivity index (χ0n) is 8.64. The van der Waals surface area contributed by atoms with Crippen molar-refractivity contribution in [3.05, 3.63) is 48.4 Å².